The lowest BCUT2D eigenvalue weighted by Crippen LogP contribution is -2.33. The lowest BCUT2D eigenvalue weighted by molar-refractivity contribution is 0.0276. The molecule has 1 aliphatic heterocycles. The number of aryl methyl sites for hydroxylation is 2. The van der Waals surface area contributed by atoms with Crippen LogP contribution in [0.25, 0.3) is 10.9 Å². The molecule has 0 aliphatic carbocycles. The molecule has 3 aromatic carbocycles. The van der Waals surface area contributed by atoms with Crippen LogP contribution < -0.4 is 16.1 Å². The van der Waals surface area contributed by atoms with Crippen LogP contribution in [0.15, 0.2) is 79.0 Å². The highest BCUT2D eigenvalue weighted by Gasteiger charge is 2.20. The number of benzene rings is 3. The Bertz CT molecular complexity index is 1280. The first-order valence-corrected chi connectivity index (χ1v) is 13.4. The van der Waals surface area contributed by atoms with Crippen LogP contribution in [-0.4, -0.2) is 42.8 Å². The Morgan fingerprint density at radius 1 is 0.919 bits per heavy atom. The van der Waals surface area contributed by atoms with Gasteiger partial charge in [0.1, 0.15) is 6.73 Å². The van der Waals surface area contributed by atoms with E-state index in [4.69, 9.17) is 22.3 Å². The number of para-hydroxylation sites is 2. The highest BCUT2D eigenvalue weighted by Crippen LogP contribution is 2.35. The second-order valence-corrected chi connectivity index (χ2v) is 9.91. The first kappa shape index (κ1) is 25.5. The molecule has 0 amide bonds. The summed E-state index contributed by atoms with van der Waals surface area (Å²) in [4.78, 5) is 14.2. The lowest BCUT2D eigenvalue weighted by atomic mass is 10.0. The quantitative estimate of drug-likeness (QED) is 0.141. The average molecular weight is 516 g/mol. The molecule has 3 N–H and O–H groups in total. The lowest BCUT2D eigenvalue weighted by Gasteiger charge is -2.28. The molecule has 0 radical (unpaired) electrons. The van der Waals surface area contributed by atoms with Crippen LogP contribution in [0, 0.1) is 0 Å². The normalized spacial score (nSPS) is 12.9. The fourth-order valence-corrected chi connectivity index (χ4v) is 5.38. The number of fused-ring (bicyclic) bond motifs is 3. The number of hydrogen-bond donors (Lipinski definition) is 2. The van der Waals surface area contributed by atoms with Crippen LogP contribution in [0.4, 0.5) is 17.1 Å². The second kappa shape index (κ2) is 12.4. The minimum atomic E-state index is 0.420. The molecule has 0 saturated carbocycles. The SMILES string of the molecule is NOCN(CCCNc1ccnc2cc(Cl)ccc12)CCCN1c2ccccc2CCc2ccccc21. The van der Waals surface area contributed by atoms with E-state index in [1.165, 1.54) is 22.5 Å². The summed E-state index contributed by atoms with van der Waals surface area (Å²) in [6.45, 7) is 4.01. The zero-order valence-corrected chi connectivity index (χ0v) is 21.8. The standard InChI is InChI=1S/C30H34ClN5O/c31-25-13-14-26-27(15-17-34-28(26)21-25)33-16-5-18-35(22-37-32)19-6-20-36-29-9-3-1-7-23(29)11-12-24-8-2-4-10-30(24)36/h1-4,7-10,13-15,17,21H,5-6,11-12,16,18-20,22,32H2,(H,33,34). The Kier molecular flexibility index (Phi) is 8.53. The van der Waals surface area contributed by atoms with Gasteiger partial charge in [-0.05, 0) is 73.2 Å². The van der Waals surface area contributed by atoms with Crippen LogP contribution in [0.1, 0.15) is 24.0 Å². The van der Waals surface area contributed by atoms with Gasteiger partial charge in [-0.1, -0.05) is 48.0 Å². The number of nitrogens with zero attached hydrogens (tertiary/aromatic N) is 3. The number of rotatable bonds is 11. The fourth-order valence-electron chi connectivity index (χ4n) is 5.21. The van der Waals surface area contributed by atoms with Crippen molar-refractivity contribution in [2.24, 2.45) is 5.90 Å². The molecular weight excluding hydrogens is 482 g/mol. The zero-order chi connectivity index (χ0) is 25.5. The van der Waals surface area contributed by atoms with Crippen molar-refractivity contribution in [3.8, 4) is 0 Å². The third-order valence-corrected chi connectivity index (χ3v) is 7.25. The first-order chi connectivity index (χ1) is 18.2. The monoisotopic (exact) mass is 515 g/mol. The van der Waals surface area contributed by atoms with E-state index in [-0.39, 0.29) is 0 Å². The van der Waals surface area contributed by atoms with Crippen molar-refractivity contribution in [3.05, 3.63) is 95.1 Å². The number of halogens is 1. The maximum atomic E-state index is 6.12. The second-order valence-electron chi connectivity index (χ2n) is 9.48. The van der Waals surface area contributed by atoms with Crippen molar-refractivity contribution in [2.75, 3.05) is 43.1 Å². The number of nitrogens with one attached hydrogen (secondary N) is 1. The molecule has 192 valence electrons. The number of pyridine rings is 1. The summed E-state index contributed by atoms with van der Waals surface area (Å²) in [5.41, 5.74) is 7.44. The van der Waals surface area contributed by atoms with Gasteiger partial charge >= 0.3 is 0 Å². The Labute approximate surface area is 224 Å². The Hall–Kier alpha value is -3.16. The molecule has 7 heteroatoms. The maximum Gasteiger partial charge on any atom is 0.121 e. The fraction of sp³-hybridized carbons (Fsp3) is 0.300. The van der Waals surface area contributed by atoms with Crippen LogP contribution in [-0.2, 0) is 17.7 Å². The van der Waals surface area contributed by atoms with Gasteiger partial charge in [-0.2, -0.15) is 0 Å². The molecule has 0 bridgehead atoms. The van der Waals surface area contributed by atoms with E-state index in [9.17, 15) is 0 Å². The van der Waals surface area contributed by atoms with Crippen molar-refractivity contribution in [1.82, 2.24) is 9.88 Å². The largest absolute Gasteiger partial charge is 0.384 e. The summed E-state index contributed by atoms with van der Waals surface area (Å²) in [5.74, 6) is 5.48. The third-order valence-electron chi connectivity index (χ3n) is 7.01. The maximum absolute atomic E-state index is 6.12. The van der Waals surface area contributed by atoms with Gasteiger partial charge in [0.15, 0.2) is 0 Å². The summed E-state index contributed by atoms with van der Waals surface area (Å²) >= 11 is 6.12. The molecule has 2 heterocycles. The van der Waals surface area contributed by atoms with Gasteiger partial charge in [-0.25, -0.2) is 5.90 Å². The summed E-state index contributed by atoms with van der Waals surface area (Å²) in [6, 6.07) is 25.4. The number of anilines is 3. The van der Waals surface area contributed by atoms with Crippen molar-refractivity contribution >= 4 is 39.6 Å². The predicted molar refractivity (Wildman–Crippen MR) is 153 cm³/mol. The van der Waals surface area contributed by atoms with Gasteiger partial charge < -0.3 is 10.2 Å². The Balaban J connectivity index is 1.17. The van der Waals surface area contributed by atoms with E-state index < -0.39 is 0 Å². The van der Waals surface area contributed by atoms with E-state index in [0.29, 0.717) is 11.8 Å². The molecule has 0 saturated heterocycles. The van der Waals surface area contributed by atoms with Crippen molar-refractivity contribution in [2.45, 2.75) is 25.7 Å². The molecular formula is C30H34ClN5O. The van der Waals surface area contributed by atoms with Crippen molar-refractivity contribution in [3.63, 3.8) is 0 Å². The predicted octanol–water partition coefficient (Wildman–Crippen LogP) is 6.17. The highest BCUT2D eigenvalue weighted by atomic mass is 35.5. The highest BCUT2D eigenvalue weighted by molar-refractivity contribution is 6.31. The van der Waals surface area contributed by atoms with E-state index in [2.05, 4.69) is 68.6 Å². The van der Waals surface area contributed by atoms with Crippen molar-refractivity contribution in [1.29, 1.82) is 0 Å². The van der Waals surface area contributed by atoms with Gasteiger partial charge in [0.25, 0.3) is 0 Å². The average Bonchev–Trinajstić information content (AvgIpc) is 3.08. The molecule has 37 heavy (non-hydrogen) atoms. The van der Waals surface area contributed by atoms with E-state index in [0.717, 1.165) is 68.5 Å². The van der Waals surface area contributed by atoms with Crippen LogP contribution in [0.3, 0.4) is 0 Å². The van der Waals surface area contributed by atoms with Gasteiger partial charge in [0.2, 0.25) is 0 Å². The Morgan fingerprint density at radius 2 is 1.62 bits per heavy atom. The molecule has 6 nitrogen and oxygen atoms in total. The summed E-state index contributed by atoms with van der Waals surface area (Å²) in [7, 11) is 0. The molecule has 0 fully saturated rings. The smallest absolute Gasteiger partial charge is 0.121 e. The van der Waals surface area contributed by atoms with Crippen LogP contribution in [0.2, 0.25) is 5.02 Å². The van der Waals surface area contributed by atoms with E-state index in [1.807, 2.05) is 30.5 Å². The van der Waals surface area contributed by atoms with Gasteiger partial charge in [0.05, 0.1) is 5.52 Å². The molecule has 1 aromatic heterocycles. The number of nitrogens with two attached hydrogens (primary N) is 1. The summed E-state index contributed by atoms with van der Waals surface area (Å²) < 4.78 is 0. The number of aromatic nitrogens is 1. The molecule has 1 aliphatic rings. The zero-order valence-electron chi connectivity index (χ0n) is 21.1. The van der Waals surface area contributed by atoms with E-state index in [1.54, 1.807) is 0 Å². The topological polar surface area (TPSA) is 66.7 Å². The molecule has 0 spiro atoms. The first-order valence-electron chi connectivity index (χ1n) is 13.0. The minimum Gasteiger partial charge on any atom is -0.384 e. The summed E-state index contributed by atoms with van der Waals surface area (Å²) in [6.07, 6.45) is 5.94. The minimum absolute atomic E-state index is 0.420. The molecule has 4 aromatic rings. The van der Waals surface area contributed by atoms with Crippen molar-refractivity contribution < 1.29 is 4.84 Å². The van der Waals surface area contributed by atoms with E-state index >= 15 is 0 Å². The van der Waals surface area contributed by atoms with Gasteiger partial charge in [-0.15, -0.1) is 0 Å². The third kappa shape index (κ3) is 6.22. The van der Waals surface area contributed by atoms with Gasteiger partial charge in [0, 0.05) is 59.8 Å². The van der Waals surface area contributed by atoms with Gasteiger partial charge in [-0.3, -0.25) is 14.7 Å². The molecule has 5 rings (SSSR count). The van der Waals surface area contributed by atoms with Crippen LogP contribution >= 0.6 is 11.6 Å². The summed E-state index contributed by atoms with van der Waals surface area (Å²) in [5, 5.41) is 5.32. The Morgan fingerprint density at radius 3 is 2.35 bits per heavy atom. The number of hydrogen-bond acceptors (Lipinski definition) is 6. The van der Waals surface area contributed by atoms with Crippen LogP contribution in [0.5, 0.6) is 0 Å². The molecule has 0 unspecified atom stereocenters. The molecule has 0 atom stereocenters.